The molecule has 2 amide bonds. The summed E-state index contributed by atoms with van der Waals surface area (Å²) in [7, 11) is -4.34. The van der Waals surface area contributed by atoms with Crippen molar-refractivity contribution in [2.24, 2.45) is 0 Å². The first-order valence-electron chi connectivity index (χ1n) is 10.6. The summed E-state index contributed by atoms with van der Waals surface area (Å²) in [6.45, 7) is 3.46. The van der Waals surface area contributed by atoms with Crippen LogP contribution in [0.5, 0.6) is 0 Å². The topological polar surface area (TPSA) is 147 Å². The minimum Gasteiger partial charge on any atom is -1.00 e. The van der Waals surface area contributed by atoms with E-state index in [0.29, 0.717) is 16.8 Å². The molecule has 0 unspecified atom stereocenters. The van der Waals surface area contributed by atoms with Crippen LogP contribution in [0.3, 0.4) is 0 Å². The largest absolute Gasteiger partial charge is 1.00 e. The molecular weight excluding hydrogens is 479 g/mol. The minimum atomic E-state index is -4.34. The standard InChI is InChI=1S/C23H22N6O4S.Na.H/c1-14(2)29-13-20(26-12-21(29)30)34(32,33)28-23(31)27-22-18-5-3-4-15(18)6-7-19(22)16-8-9-25-17(10-16)11-24;;/h6-10,12-14H,3-5H2,1-2H3,(H2,27,28,31);;/q;+1;-1. The van der Waals surface area contributed by atoms with Crippen LogP contribution in [0.15, 0.2) is 52.7 Å². The SMILES string of the molecule is CC(C)n1cc(S(=O)(=O)NC(=O)Nc2c(-c3ccnc(C#N)c3)ccc3c2CCC3)ncc1=O.[H-].[Na+]. The Kier molecular flexibility index (Phi) is 8.12. The fourth-order valence-electron chi connectivity index (χ4n) is 3.97. The number of benzene rings is 1. The number of carbonyl (C=O) groups excluding carboxylic acids is 1. The van der Waals surface area contributed by atoms with Gasteiger partial charge in [-0.15, -0.1) is 0 Å². The van der Waals surface area contributed by atoms with Crippen LogP contribution in [0, 0.1) is 11.3 Å². The van der Waals surface area contributed by atoms with E-state index in [1.54, 1.807) is 26.0 Å². The van der Waals surface area contributed by atoms with E-state index in [9.17, 15) is 23.3 Å². The predicted molar refractivity (Wildman–Crippen MR) is 126 cm³/mol. The third-order valence-electron chi connectivity index (χ3n) is 5.57. The van der Waals surface area contributed by atoms with E-state index < -0.39 is 26.6 Å². The summed E-state index contributed by atoms with van der Waals surface area (Å²) >= 11 is 0. The van der Waals surface area contributed by atoms with Crippen molar-refractivity contribution in [2.75, 3.05) is 5.32 Å². The van der Waals surface area contributed by atoms with Crippen LogP contribution in [0.2, 0.25) is 0 Å². The first-order valence-corrected chi connectivity index (χ1v) is 12.1. The molecule has 0 spiro atoms. The first-order chi connectivity index (χ1) is 16.2. The number of nitrogens with one attached hydrogen (secondary N) is 2. The maximum Gasteiger partial charge on any atom is 1.00 e. The van der Waals surface area contributed by atoms with Crippen LogP contribution in [-0.4, -0.2) is 29.0 Å². The Labute approximate surface area is 226 Å². The number of hydrogen-bond donors (Lipinski definition) is 2. The minimum absolute atomic E-state index is 0. The van der Waals surface area contributed by atoms with Crippen molar-refractivity contribution in [1.82, 2.24) is 19.3 Å². The van der Waals surface area contributed by atoms with E-state index in [1.807, 2.05) is 22.9 Å². The molecule has 0 aliphatic heterocycles. The average Bonchev–Trinajstić information content (AvgIpc) is 3.28. The fourth-order valence-corrected chi connectivity index (χ4v) is 4.81. The van der Waals surface area contributed by atoms with Gasteiger partial charge in [0.1, 0.15) is 11.8 Å². The normalized spacial score (nSPS) is 12.4. The maximum absolute atomic E-state index is 12.8. The van der Waals surface area contributed by atoms with Crippen molar-refractivity contribution in [3.8, 4) is 17.2 Å². The van der Waals surface area contributed by atoms with E-state index in [0.717, 1.165) is 42.8 Å². The Morgan fingerprint density at radius 1 is 1.23 bits per heavy atom. The summed E-state index contributed by atoms with van der Waals surface area (Å²) in [5, 5.41) is 11.4. The van der Waals surface area contributed by atoms with Gasteiger partial charge < -0.3 is 11.3 Å². The van der Waals surface area contributed by atoms with E-state index in [-0.39, 0.29) is 42.7 Å². The number of aryl methyl sites for hydroxylation is 1. The summed E-state index contributed by atoms with van der Waals surface area (Å²) in [5.74, 6) is 0. The van der Waals surface area contributed by atoms with Gasteiger partial charge in [-0.2, -0.15) is 13.7 Å². The molecular formula is C23H23N6NaO4S. The molecule has 0 radical (unpaired) electrons. The first kappa shape index (κ1) is 26.6. The monoisotopic (exact) mass is 502 g/mol. The quantitative estimate of drug-likeness (QED) is 0.462. The van der Waals surface area contributed by atoms with Crippen LogP contribution < -0.4 is 45.2 Å². The van der Waals surface area contributed by atoms with E-state index in [2.05, 4.69) is 15.3 Å². The number of sulfonamides is 1. The Balaban J connectivity index is 0.00000228. The van der Waals surface area contributed by atoms with Crippen molar-refractivity contribution in [3.63, 3.8) is 0 Å². The summed E-state index contributed by atoms with van der Waals surface area (Å²) < 4.78 is 28.8. The smallest absolute Gasteiger partial charge is 1.00 e. The second kappa shape index (κ2) is 10.7. The van der Waals surface area contributed by atoms with E-state index in [1.165, 1.54) is 10.8 Å². The molecule has 0 saturated heterocycles. The number of fused-ring (bicyclic) bond motifs is 1. The molecule has 10 nitrogen and oxygen atoms in total. The molecule has 0 saturated carbocycles. The Morgan fingerprint density at radius 2 is 2.00 bits per heavy atom. The van der Waals surface area contributed by atoms with Gasteiger partial charge in [0, 0.05) is 24.0 Å². The Bertz CT molecular complexity index is 1500. The second-order valence-corrected chi connectivity index (χ2v) is 9.77. The van der Waals surface area contributed by atoms with E-state index >= 15 is 0 Å². The second-order valence-electron chi connectivity index (χ2n) is 8.15. The molecule has 0 fully saturated rings. The average molecular weight is 503 g/mol. The molecule has 12 heteroatoms. The molecule has 2 N–H and O–H groups in total. The maximum atomic E-state index is 12.8. The van der Waals surface area contributed by atoms with Gasteiger partial charge in [0.25, 0.3) is 15.6 Å². The zero-order chi connectivity index (χ0) is 24.5. The zero-order valence-corrected chi connectivity index (χ0v) is 22.4. The van der Waals surface area contributed by atoms with Crippen molar-refractivity contribution in [1.29, 1.82) is 5.26 Å². The van der Waals surface area contributed by atoms with Crippen LogP contribution in [0.4, 0.5) is 10.5 Å². The molecule has 2 heterocycles. The third-order valence-corrected chi connectivity index (χ3v) is 6.79. The molecule has 3 aromatic rings. The molecule has 4 rings (SSSR count). The summed E-state index contributed by atoms with van der Waals surface area (Å²) in [4.78, 5) is 32.4. The number of anilines is 1. The Morgan fingerprint density at radius 3 is 2.71 bits per heavy atom. The molecule has 1 aromatic carbocycles. The van der Waals surface area contributed by atoms with Crippen molar-refractivity contribution >= 4 is 21.7 Å². The number of aromatic nitrogens is 3. The number of hydrogen-bond acceptors (Lipinski definition) is 7. The van der Waals surface area contributed by atoms with Crippen molar-refractivity contribution in [3.05, 3.63) is 70.0 Å². The fraction of sp³-hybridized carbons (Fsp3) is 0.261. The number of nitrogens with zero attached hydrogens (tertiary/aromatic N) is 4. The van der Waals surface area contributed by atoms with Gasteiger partial charge in [0.15, 0.2) is 5.03 Å². The summed E-state index contributed by atoms with van der Waals surface area (Å²) in [6.07, 6.45) is 6.01. The molecule has 176 valence electrons. The van der Waals surface area contributed by atoms with Crippen LogP contribution in [0.1, 0.15) is 44.6 Å². The molecule has 1 aliphatic carbocycles. The molecule has 2 aromatic heterocycles. The molecule has 0 bridgehead atoms. The summed E-state index contributed by atoms with van der Waals surface area (Å²) in [5.41, 5.74) is 3.58. The number of urea groups is 1. The predicted octanol–water partition coefficient (Wildman–Crippen LogP) is -0.127. The van der Waals surface area contributed by atoms with Gasteiger partial charge in [-0.1, -0.05) is 12.1 Å². The summed E-state index contributed by atoms with van der Waals surface area (Å²) in [6, 6.07) is 7.89. The van der Waals surface area contributed by atoms with Gasteiger partial charge in [-0.3, -0.25) is 4.79 Å². The number of rotatable bonds is 5. The number of pyridine rings is 1. The third kappa shape index (κ3) is 5.62. The van der Waals surface area contributed by atoms with Crippen LogP contribution >= 0.6 is 0 Å². The van der Waals surface area contributed by atoms with Gasteiger partial charge in [-0.25, -0.2) is 19.5 Å². The molecule has 35 heavy (non-hydrogen) atoms. The van der Waals surface area contributed by atoms with Gasteiger partial charge >= 0.3 is 35.6 Å². The number of nitriles is 1. The van der Waals surface area contributed by atoms with Crippen molar-refractivity contribution < 1.29 is 44.2 Å². The van der Waals surface area contributed by atoms with Crippen molar-refractivity contribution in [2.45, 2.75) is 44.2 Å². The van der Waals surface area contributed by atoms with Crippen LogP contribution in [-0.2, 0) is 22.9 Å². The molecule has 1 aliphatic rings. The zero-order valence-electron chi connectivity index (χ0n) is 20.6. The number of amides is 2. The molecule has 0 atom stereocenters. The van der Waals surface area contributed by atoms with Gasteiger partial charge in [-0.05, 0) is 61.9 Å². The van der Waals surface area contributed by atoms with Gasteiger partial charge in [0.2, 0.25) is 0 Å². The van der Waals surface area contributed by atoms with E-state index in [4.69, 9.17) is 0 Å². The Hall–Kier alpha value is -3.04. The number of carbonyl (C=O) groups is 1. The van der Waals surface area contributed by atoms with Gasteiger partial charge in [0.05, 0.1) is 11.9 Å². The van der Waals surface area contributed by atoms with Crippen LogP contribution in [0.25, 0.3) is 11.1 Å².